The van der Waals surface area contributed by atoms with E-state index < -0.39 is 0 Å². The van der Waals surface area contributed by atoms with E-state index in [1.165, 1.54) is 0 Å². The van der Waals surface area contributed by atoms with Crippen LogP contribution < -0.4 is 10.1 Å². The number of ether oxygens (including phenoxy) is 1. The molecule has 0 saturated carbocycles. The lowest BCUT2D eigenvalue weighted by Crippen LogP contribution is -2.20. The summed E-state index contributed by atoms with van der Waals surface area (Å²) in [4.78, 5) is 16.6. The minimum Gasteiger partial charge on any atom is -0.497 e. The van der Waals surface area contributed by atoms with Gasteiger partial charge in [0.15, 0.2) is 0 Å². The van der Waals surface area contributed by atoms with E-state index in [1.54, 1.807) is 29.9 Å². The van der Waals surface area contributed by atoms with Gasteiger partial charge in [-0.25, -0.2) is 4.98 Å². The zero-order valence-corrected chi connectivity index (χ0v) is 12.7. The van der Waals surface area contributed by atoms with E-state index in [1.807, 2.05) is 30.3 Å². The fourth-order valence-electron chi connectivity index (χ4n) is 2.47. The highest BCUT2D eigenvalue weighted by molar-refractivity contribution is 5.92. The van der Waals surface area contributed by atoms with Gasteiger partial charge in [0.1, 0.15) is 24.7 Å². The number of rotatable bonds is 5. The van der Waals surface area contributed by atoms with Gasteiger partial charge < -0.3 is 19.7 Å². The first-order valence-electron chi connectivity index (χ1n) is 7.20. The first-order valence-corrected chi connectivity index (χ1v) is 7.20. The molecule has 6 heteroatoms. The Balaban J connectivity index is 1.82. The lowest BCUT2D eigenvalue weighted by molar-refractivity contribution is -0.116. The average molecular weight is 311 g/mol. The third-order valence-electron chi connectivity index (χ3n) is 3.53. The number of carbonyl (C=O) groups excluding carboxylic acids is 1. The van der Waals surface area contributed by atoms with Gasteiger partial charge in [-0.15, -0.1) is 0 Å². The molecule has 2 aromatic carbocycles. The summed E-state index contributed by atoms with van der Waals surface area (Å²) in [6.07, 6.45) is 0. The van der Waals surface area contributed by atoms with Crippen LogP contribution in [0.25, 0.3) is 11.0 Å². The molecule has 3 aromatic rings. The van der Waals surface area contributed by atoms with Crippen molar-refractivity contribution in [1.29, 1.82) is 0 Å². The molecule has 0 aliphatic carbocycles. The first-order chi connectivity index (χ1) is 11.2. The van der Waals surface area contributed by atoms with Gasteiger partial charge in [-0.1, -0.05) is 18.2 Å². The number of carbonyl (C=O) groups is 1. The minimum absolute atomic E-state index is 0.0770. The molecule has 118 valence electrons. The molecule has 0 aliphatic heterocycles. The summed E-state index contributed by atoms with van der Waals surface area (Å²) in [7, 11) is 1.58. The Morgan fingerprint density at radius 3 is 2.87 bits per heavy atom. The van der Waals surface area contributed by atoms with Crippen LogP contribution in [0.15, 0.2) is 48.5 Å². The van der Waals surface area contributed by atoms with Crippen LogP contribution >= 0.6 is 0 Å². The maximum absolute atomic E-state index is 12.3. The van der Waals surface area contributed by atoms with Crippen molar-refractivity contribution in [3.63, 3.8) is 0 Å². The van der Waals surface area contributed by atoms with Gasteiger partial charge >= 0.3 is 0 Å². The summed E-state index contributed by atoms with van der Waals surface area (Å²) in [5.41, 5.74) is 2.23. The number of aliphatic hydroxyl groups is 1. The van der Waals surface area contributed by atoms with E-state index in [0.29, 0.717) is 17.3 Å². The third kappa shape index (κ3) is 3.17. The molecule has 0 saturated heterocycles. The molecule has 1 heterocycles. The molecule has 2 N–H and O–H groups in total. The fraction of sp³-hybridized carbons (Fsp3) is 0.176. The predicted molar refractivity (Wildman–Crippen MR) is 87.3 cm³/mol. The summed E-state index contributed by atoms with van der Waals surface area (Å²) >= 11 is 0. The Bertz CT molecular complexity index is 842. The number of aliphatic hydroxyl groups excluding tert-OH is 1. The van der Waals surface area contributed by atoms with Crippen LogP contribution in [-0.4, -0.2) is 27.7 Å². The van der Waals surface area contributed by atoms with Crippen LogP contribution in [0, 0.1) is 0 Å². The van der Waals surface area contributed by atoms with Crippen LogP contribution in [0.3, 0.4) is 0 Å². The summed E-state index contributed by atoms with van der Waals surface area (Å²) in [5, 5.41) is 12.3. The number of amides is 1. The summed E-state index contributed by atoms with van der Waals surface area (Å²) in [6, 6.07) is 14.6. The molecular weight excluding hydrogens is 294 g/mol. The fourth-order valence-corrected chi connectivity index (χ4v) is 2.47. The first kappa shape index (κ1) is 15.1. The van der Waals surface area contributed by atoms with Gasteiger partial charge in [0.05, 0.1) is 18.1 Å². The molecule has 1 amide bonds. The van der Waals surface area contributed by atoms with Crippen molar-refractivity contribution in [2.24, 2.45) is 0 Å². The van der Waals surface area contributed by atoms with E-state index in [0.717, 1.165) is 11.0 Å². The van der Waals surface area contributed by atoms with E-state index in [4.69, 9.17) is 4.74 Å². The maximum Gasteiger partial charge on any atom is 0.244 e. The molecule has 0 spiro atoms. The number of imidazole rings is 1. The molecule has 23 heavy (non-hydrogen) atoms. The van der Waals surface area contributed by atoms with Crippen molar-refractivity contribution in [2.45, 2.75) is 13.2 Å². The molecule has 0 unspecified atom stereocenters. The molecule has 3 rings (SSSR count). The average Bonchev–Trinajstić information content (AvgIpc) is 2.93. The van der Waals surface area contributed by atoms with Crippen molar-refractivity contribution in [2.75, 3.05) is 12.4 Å². The second-order valence-electron chi connectivity index (χ2n) is 5.04. The number of aromatic nitrogens is 2. The van der Waals surface area contributed by atoms with E-state index in [2.05, 4.69) is 10.3 Å². The van der Waals surface area contributed by atoms with Crippen LogP contribution in [0.5, 0.6) is 5.75 Å². The number of methoxy groups -OCH3 is 1. The zero-order chi connectivity index (χ0) is 16.2. The highest BCUT2D eigenvalue weighted by Crippen LogP contribution is 2.18. The number of nitrogens with one attached hydrogen (secondary N) is 1. The molecule has 0 aliphatic rings. The smallest absolute Gasteiger partial charge is 0.244 e. The normalized spacial score (nSPS) is 10.7. The van der Waals surface area contributed by atoms with Gasteiger partial charge in [-0.2, -0.15) is 0 Å². The second kappa shape index (κ2) is 6.50. The molecule has 0 fully saturated rings. The van der Waals surface area contributed by atoms with Crippen LogP contribution in [0.1, 0.15) is 5.82 Å². The van der Waals surface area contributed by atoms with Crippen molar-refractivity contribution < 1.29 is 14.6 Å². The van der Waals surface area contributed by atoms with Gasteiger partial charge in [-0.05, 0) is 24.3 Å². The standard InChI is InChI=1S/C17H17N3O3/c1-23-13-6-4-5-12(9-13)18-17(22)10-20-15-8-3-2-7-14(15)19-16(20)11-21/h2-9,21H,10-11H2,1H3,(H,18,22). The highest BCUT2D eigenvalue weighted by atomic mass is 16.5. The molecule has 0 atom stereocenters. The Morgan fingerprint density at radius 1 is 1.26 bits per heavy atom. The van der Waals surface area contributed by atoms with Crippen LogP contribution in [0.2, 0.25) is 0 Å². The van der Waals surface area contributed by atoms with E-state index in [-0.39, 0.29) is 19.1 Å². The molecule has 0 bridgehead atoms. The highest BCUT2D eigenvalue weighted by Gasteiger charge is 2.13. The lowest BCUT2D eigenvalue weighted by atomic mass is 10.3. The van der Waals surface area contributed by atoms with Crippen molar-refractivity contribution in [3.05, 3.63) is 54.4 Å². The van der Waals surface area contributed by atoms with Crippen molar-refractivity contribution >= 4 is 22.6 Å². The van der Waals surface area contributed by atoms with Crippen LogP contribution in [0.4, 0.5) is 5.69 Å². The molecule has 0 radical (unpaired) electrons. The van der Waals surface area contributed by atoms with Crippen molar-refractivity contribution in [1.82, 2.24) is 9.55 Å². The lowest BCUT2D eigenvalue weighted by Gasteiger charge is -2.10. The Kier molecular flexibility index (Phi) is 4.25. The van der Waals surface area contributed by atoms with Crippen molar-refractivity contribution in [3.8, 4) is 5.75 Å². The molecular formula is C17H17N3O3. The summed E-state index contributed by atoms with van der Waals surface area (Å²) in [5.74, 6) is 0.940. The number of hydrogen-bond donors (Lipinski definition) is 2. The van der Waals surface area contributed by atoms with Gasteiger partial charge in [0, 0.05) is 11.8 Å². The van der Waals surface area contributed by atoms with Gasteiger partial charge in [0.25, 0.3) is 0 Å². The third-order valence-corrected chi connectivity index (χ3v) is 3.53. The Morgan fingerprint density at radius 2 is 2.09 bits per heavy atom. The Labute approximate surface area is 133 Å². The number of para-hydroxylation sites is 2. The largest absolute Gasteiger partial charge is 0.497 e. The Hall–Kier alpha value is -2.86. The number of fused-ring (bicyclic) bond motifs is 1. The quantitative estimate of drug-likeness (QED) is 0.757. The molecule has 1 aromatic heterocycles. The van der Waals surface area contributed by atoms with Crippen LogP contribution in [-0.2, 0) is 17.9 Å². The zero-order valence-electron chi connectivity index (χ0n) is 12.7. The number of anilines is 1. The van der Waals surface area contributed by atoms with Gasteiger partial charge in [-0.3, -0.25) is 4.79 Å². The summed E-state index contributed by atoms with van der Waals surface area (Å²) < 4.78 is 6.85. The van der Waals surface area contributed by atoms with E-state index in [9.17, 15) is 9.90 Å². The number of hydrogen-bond acceptors (Lipinski definition) is 4. The second-order valence-corrected chi connectivity index (χ2v) is 5.04. The number of benzene rings is 2. The van der Waals surface area contributed by atoms with Gasteiger partial charge in [0.2, 0.25) is 5.91 Å². The summed E-state index contributed by atoms with van der Waals surface area (Å²) in [6.45, 7) is -0.144. The number of nitrogens with zero attached hydrogens (tertiary/aromatic N) is 2. The topological polar surface area (TPSA) is 76.4 Å². The van der Waals surface area contributed by atoms with E-state index >= 15 is 0 Å². The maximum atomic E-state index is 12.3. The minimum atomic E-state index is -0.221. The predicted octanol–water partition coefficient (Wildman–Crippen LogP) is 2.18. The SMILES string of the molecule is COc1cccc(NC(=O)Cn2c(CO)nc3ccccc32)c1. The monoisotopic (exact) mass is 311 g/mol. The molecule has 6 nitrogen and oxygen atoms in total.